The molecule has 0 radical (unpaired) electrons. The molecule has 0 aromatic heterocycles. The van der Waals surface area contributed by atoms with Crippen LogP contribution in [0.1, 0.15) is 110 Å². The number of aliphatic carboxylic acids is 1. The van der Waals surface area contributed by atoms with E-state index in [4.69, 9.17) is 5.11 Å². The molecule has 0 fully saturated rings. The van der Waals surface area contributed by atoms with Gasteiger partial charge < -0.3 is 5.11 Å². The molecule has 1 N–H and O–H groups in total. The van der Waals surface area contributed by atoms with E-state index < -0.39 is 5.97 Å². The summed E-state index contributed by atoms with van der Waals surface area (Å²) < 4.78 is 0. The molecular formula is C18H39BiO2. The van der Waals surface area contributed by atoms with Crippen molar-refractivity contribution in [3.63, 3.8) is 0 Å². The van der Waals surface area contributed by atoms with Crippen molar-refractivity contribution >= 4 is 32.2 Å². The van der Waals surface area contributed by atoms with Gasteiger partial charge in [0.25, 0.3) is 0 Å². The standard InChI is InChI=1S/C18H36O2.Bi.3H/c1-2-3-4-5-6-7-8-9-10-11-12-13-14-15-16-17-18(19)20;;;;/h2-17H2,1H3,(H,19,20);;;;. The van der Waals surface area contributed by atoms with Crippen LogP contribution in [-0.2, 0) is 4.79 Å². The summed E-state index contributed by atoms with van der Waals surface area (Å²) in [5, 5.41) is 8.52. The molecule has 0 aromatic rings. The number of unbranched alkanes of at least 4 members (excludes halogenated alkanes) is 14. The SMILES string of the molecule is CCCCCCCCCCCCCCCCCC(=O)O.[BiH3]. The fourth-order valence-corrected chi connectivity index (χ4v) is 2.65. The first-order valence-electron chi connectivity index (χ1n) is 8.99. The van der Waals surface area contributed by atoms with Gasteiger partial charge in [0.05, 0.1) is 0 Å². The zero-order chi connectivity index (χ0) is 14.9. The zero-order valence-electron chi connectivity index (χ0n) is 14.4. The second-order valence-corrected chi connectivity index (χ2v) is 6.09. The van der Waals surface area contributed by atoms with Gasteiger partial charge in [0, 0.05) is 6.42 Å². The average molecular weight is 496 g/mol. The van der Waals surface area contributed by atoms with Crippen LogP contribution >= 0.6 is 0 Å². The molecule has 0 heterocycles. The van der Waals surface area contributed by atoms with Gasteiger partial charge in [-0.05, 0) is 6.42 Å². The molecule has 0 aliphatic rings. The second kappa shape index (κ2) is 20.4. The van der Waals surface area contributed by atoms with Crippen molar-refractivity contribution in [2.24, 2.45) is 0 Å². The molecule has 0 aliphatic heterocycles. The third-order valence-electron chi connectivity index (χ3n) is 3.99. The fourth-order valence-electron chi connectivity index (χ4n) is 2.65. The molecule has 0 saturated heterocycles. The number of carbonyl (C=O) groups is 1. The summed E-state index contributed by atoms with van der Waals surface area (Å²) in [6.45, 7) is 2.27. The minimum atomic E-state index is -0.653. The zero-order valence-corrected chi connectivity index (χ0v) is 19.9. The molecule has 2 nitrogen and oxygen atoms in total. The Morgan fingerprint density at radius 3 is 1.19 bits per heavy atom. The first-order valence-corrected chi connectivity index (χ1v) is 8.99. The van der Waals surface area contributed by atoms with E-state index in [1.165, 1.54) is 83.5 Å². The molecule has 0 saturated carbocycles. The summed E-state index contributed by atoms with van der Waals surface area (Å²) in [7, 11) is 0. The van der Waals surface area contributed by atoms with E-state index in [0.29, 0.717) is 6.42 Å². The number of carboxylic acids is 1. The van der Waals surface area contributed by atoms with Crippen LogP contribution in [0, 0.1) is 0 Å². The summed E-state index contributed by atoms with van der Waals surface area (Å²) in [5.41, 5.74) is 0. The molecule has 0 aromatic carbocycles. The van der Waals surface area contributed by atoms with Crippen molar-refractivity contribution in [1.82, 2.24) is 0 Å². The second-order valence-electron chi connectivity index (χ2n) is 6.09. The number of hydrogen-bond acceptors (Lipinski definition) is 1. The minimum absolute atomic E-state index is 0. The Hall–Kier alpha value is 0.353. The Balaban J connectivity index is 0. The molecule has 0 bridgehead atoms. The maximum absolute atomic E-state index is 10.3. The fraction of sp³-hybridized carbons (Fsp3) is 0.944. The van der Waals surface area contributed by atoms with Gasteiger partial charge in [0.15, 0.2) is 0 Å². The number of hydrogen-bond donors (Lipinski definition) is 1. The quantitative estimate of drug-likeness (QED) is 0.237. The summed E-state index contributed by atoms with van der Waals surface area (Å²) in [6, 6.07) is 0. The van der Waals surface area contributed by atoms with Crippen LogP contribution < -0.4 is 0 Å². The molecule has 128 valence electrons. The maximum atomic E-state index is 10.3. The average Bonchev–Trinajstić information content (AvgIpc) is 2.43. The predicted octanol–water partition coefficient (Wildman–Crippen LogP) is 5.15. The summed E-state index contributed by atoms with van der Waals surface area (Å²) in [4.78, 5) is 10.3. The topological polar surface area (TPSA) is 37.3 Å². The van der Waals surface area contributed by atoms with Gasteiger partial charge in [-0.3, -0.25) is 4.79 Å². The molecule has 0 spiro atoms. The molecule has 3 heteroatoms. The van der Waals surface area contributed by atoms with Crippen LogP contribution in [0.5, 0.6) is 0 Å². The number of rotatable bonds is 16. The van der Waals surface area contributed by atoms with Crippen LogP contribution in [0.4, 0.5) is 0 Å². The van der Waals surface area contributed by atoms with Crippen molar-refractivity contribution in [2.75, 3.05) is 0 Å². The Kier molecular flexibility index (Phi) is 22.9. The first-order chi connectivity index (χ1) is 9.77. The van der Waals surface area contributed by atoms with E-state index in [0.717, 1.165) is 12.8 Å². The number of carboxylic acid groups (broad SMARTS) is 1. The van der Waals surface area contributed by atoms with Crippen LogP contribution in [0.2, 0.25) is 0 Å². The van der Waals surface area contributed by atoms with Crippen molar-refractivity contribution in [3.05, 3.63) is 0 Å². The van der Waals surface area contributed by atoms with E-state index in [2.05, 4.69) is 6.92 Å². The third kappa shape index (κ3) is 22.8. The van der Waals surface area contributed by atoms with Crippen molar-refractivity contribution in [2.45, 2.75) is 110 Å². The van der Waals surface area contributed by atoms with E-state index in [-0.39, 0.29) is 26.2 Å². The van der Waals surface area contributed by atoms with Gasteiger partial charge >= 0.3 is 32.2 Å². The summed E-state index contributed by atoms with van der Waals surface area (Å²) in [5.74, 6) is -0.653. The van der Waals surface area contributed by atoms with Crippen molar-refractivity contribution in [3.8, 4) is 0 Å². The Labute approximate surface area is 151 Å². The molecule has 21 heavy (non-hydrogen) atoms. The van der Waals surface area contributed by atoms with Gasteiger partial charge in [0.1, 0.15) is 0 Å². The molecular weight excluding hydrogens is 457 g/mol. The van der Waals surface area contributed by atoms with Crippen LogP contribution in [0.15, 0.2) is 0 Å². The molecule has 0 amide bonds. The Morgan fingerprint density at radius 2 is 0.905 bits per heavy atom. The van der Waals surface area contributed by atoms with Crippen LogP contribution in [0.25, 0.3) is 0 Å². The molecule has 0 rings (SSSR count). The van der Waals surface area contributed by atoms with E-state index in [1.807, 2.05) is 0 Å². The Morgan fingerprint density at radius 1 is 0.619 bits per heavy atom. The normalized spacial score (nSPS) is 10.3. The molecule has 0 aliphatic carbocycles. The van der Waals surface area contributed by atoms with Gasteiger partial charge in [-0.25, -0.2) is 0 Å². The molecule has 0 unspecified atom stereocenters. The van der Waals surface area contributed by atoms with Gasteiger partial charge in [0.2, 0.25) is 0 Å². The summed E-state index contributed by atoms with van der Waals surface area (Å²) >= 11 is 0. The van der Waals surface area contributed by atoms with Gasteiger partial charge in [-0.15, -0.1) is 0 Å². The van der Waals surface area contributed by atoms with E-state index >= 15 is 0 Å². The Bertz CT molecular complexity index is 207. The van der Waals surface area contributed by atoms with Gasteiger partial charge in [-0.1, -0.05) is 96.8 Å². The van der Waals surface area contributed by atoms with Crippen LogP contribution in [0.3, 0.4) is 0 Å². The third-order valence-corrected chi connectivity index (χ3v) is 3.99. The van der Waals surface area contributed by atoms with Crippen molar-refractivity contribution < 1.29 is 9.90 Å². The predicted molar refractivity (Wildman–Crippen MR) is 97.1 cm³/mol. The monoisotopic (exact) mass is 496 g/mol. The summed E-state index contributed by atoms with van der Waals surface area (Å²) in [6.07, 6.45) is 20.2. The van der Waals surface area contributed by atoms with E-state index in [9.17, 15) is 4.79 Å². The first kappa shape index (κ1) is 23.6. The van der Waals surface area contributed by atoms with Crippen LogP contribution in [-0.4, -0.2) is 37.3 Å². The molecule has 0 atom stereocenters. The van der Waals surface area contributed by atoms with E-state index in [1.54, 1.807) is 0 Å². The van der Waals surface area contributed by atoms with Gasteiger partial charge in [-0.2, -0.15) is 0 Å². The van der Waals surface area contributed by atoms with Crippen molar-refractivity contribution in [1.29, 1.82) is 0 Å².